The van der Waals surface area contributed by atoms with Crippen LogP contribution in [0.4, 0.5) is 0 Å². The Morgan fingerprint density at radius 2 is 1.92 bits per heavy atom. The van der Waals surface area contributed by atoms with E-state index >= 15 is 0 Å². The topological polar surface area (TPSA) is 75.7 Å². The fourth-order valence-corrected chi connectivity index (χ4v) is 4.93. The minimum atomic E-state index is -3.17. The van der Waals surface area contributed by atoms with Gasteiger partial charge in [-0.05, 0) is 39.7 Å². The average molecular weight is 381 g/mol. The minimum Gasteiger partial charge on any atom is -0.487 e. The van der Waals surface area contributed by atoms with Gasteiger partial charge in [0.2, 0.25) is 15.9 Å². The standard InChI is InChI=1S/C19H28N2O4S/c1-4-26(23,24)21-11-9-14(10-12-21)18(22)20-16-13-19(2,3)25-17-8-6-5-7-15(16)17/h5-8,14,16H,4,9-13H2,1-3H3,(H,20,22)/t16-/m0/s1. The maximum Gasteiger partial charge on any atom is 0.223 e. The van der Waals surface area contributed by atoms with Crippen molar-refractivity contribution in [2.75, 3.05) is 18.8 Å². The van der Waals surface area contributed by atoms with E-state index in [1.165, 1.54) is 4.31 Å². The molecule has 144 valence electrons. The highest BCUT2D eigenvalue weighted by atomic mass is 32.2. The highest BCUT2D eigenvalue weighted by molar-refractivity contribution is 7.89. The summed E-state index contributed by atoms with van der Waals surface area (Å²) in [5, 5.41) is 3.18. The number of hydrogen-bond acceptors (Lipinski definition) is 4. The molecule has 0 saturated carbocycles. The van der Waals surface area contributed by atoms with Crippen LogP contribution in [0.3, 0.4) is 0 Å². The van der Waals surface area contributed by atoms with Crippen LogP contribution < -0.4 is 10.1 Å². The zero-order chi connectivity index (χ0) is 18.9. The second kappa shape index (κ2) is 7.19. The molecule has 0 spiro atoms. The van der Waals surface area contributed by atoms with Crippen LogP contribution in [-0.2, 0) is 14.8 Å². The molecule has 0 unspecified atom stereocenters. The first kappa shape index (κ1) is 19.2. The third kappa shape index (κ3) is 4.04. The van der Waals surface area contributed by atoms with Crippen molar-refractivity contribution in [1.82, 2.24) is 9.62 Å². The van der Waals surface area contributed by atoms with Gasteiger partial charge in [-0.1, -0.05) is 18.2 Å². The molecule has 1 fully saturated rings. The van der Waals surface area contributed by atoms with Crippen LogP contribution in [0.1, 0.15) is 51.6 Å². The summed E-state index contributed by atoms with van der Waals surface area (Å²) in [7, 11) is -3.17. The number of fused-ring (bicyclic) bond motifs is 1. The summed E-state index contributed by atoms with van der Waals surface area (Å²) in [5.74, 6) is 0.794. The summed E-state index contributed by atoms with van der Waals surface area (Å²) in [4.78, 5) is 12.8. The smallest absolute Gasteiger partial charge is 0.223 e. The van der Waals surface area contributed by atoms with Crippen LogP contribution in [0.2, 0.25) is 0 Å². The Hall–Kier alpha value is -1.60. The molecule has 1 aromatic carbocycles. The van der Waals surface area contributed by atoms with Crippen LogP contribution in [0.15, 0.2) is 24.3 Å². The highest BCUT2D eigenvalue weighted by Crippen LogP contribution is 2.39. The quantitative estimate of drug-likeness (QED) is 0.871. The summed E-state index contributed by atoms with van der Waals surface area (Å²) >= 11 is 0. The zero-order valence-corrected chi connectivity index (χ0v) is 16.5. The summed E-state index contributed by atoms with van der Waals surface area (Å²) < 4.78 is 31.5. The van der Waals surface area contributed by atoms with Crippen LogP contribution >= 0.6 is 0 Å². The van der Waals surface area contributed by atoms with Gasteiger partial charge in [-0.15, -0.1) is 0 Å². The van der Waals surface area contributed by atoms with E-state index in [0.29, 0.717) is 32.4 Å². The number of nitrogens with one attached hydrogen (secondary N) is 1. The molecule has 6 nitrogen and oxygen atoms in total. The Labute approximate surface area is 156 Å². The van der Waals surface area contributed by atoms with E-state index in [-0.39, 0.29) is 29.2 Å². The lowest BCUT2D eigenvalue weighted by Gasteiger charge is -2.38. The van der Waals surface area contributed by atoms with E-state index in [0.717, 1.165) is 11.3 Å². The van der Waals surface area contributed by atoms with Gasteiger partial charge in [-0.25, -0.2) is 12.7 Å². The summed E-state index contributed by atoms with van der Waals surface area (Å²) in [6.07, 6.45) is 1.84. The van der Waals surface area contributed by atoms with E-state index in [4.69, 9.17) is 4.74 Å². The average Bonchev–Trinajstić information content (AvgIpc) is 2.61. The zero-order valence-electron chi connectivity index (χ0n) is 15.7. The molecule has 3 rings (SSSR count). The Morgan fingerprint density at radius 1 is 1.27 bits per heavy atom. The molecule has 0 aliphatic carbocycles. The van der Waals surface area contributed by atoms with Gasteiger partial charge in [-0.2, -0.15) is 0 Å². The van der Waals surface area contributed by atoms with Crippen molar-refractivity contribution in [2.24, 2.45) is 5.92 Å². The first-order valence-corrected chi connectivity index (χ1v) is 10.9. The lowest BCUT2D eigenvalue weighted by atomic mass is 9.88. The predicted molar refractivity (Wildman–Crippen MR) is 100 cm³/mol. The molecule has 1 aromatic rings. The second-order valence-corrected chi connectivity index (χ2v) is 10.00. The van der Waals surface area contributed by atoms with Crippen LogP contribution in [0.5, 0.6) is 5.75 Å². The molecule has 1 saturated heterocycles. The van der Waals surface area contributed by atoms with Gasteiger partial charge >= 0.3 is 0 Å². The fraction of sp³-hybridized carbons (Fsp3) is 0.632. The van der Waals surface area contributed by atoms with Crippen LogP contribution in [0, 0.1) is 5.92 Å². The Bertz CT molecular complexity index is 767. The number of hydrogen-bond donors (Lipinski definition) is 1. The van der Waals surface area contributed by atoms with Gasteiger partial charge in [0, 0.05) is 31.0 Å². The molecule has 0 radical (unpaired) electrons. The van der Waals surface area contributed by atoms with Crippen molar-refractivity contribution in [2.45, 2.75) is 51.7 Å². The number of ether oxygens (including phenoxy) is 1. The first-order valence-electron chi connectivity index (χ1n) is 9.28. The molecule has 7 heteroatoms. The van der Waals surface area contributed by atoms with Gasteiger partial charge < -0.3 is 10.1 Å². The highest BCUT2D eigenvalue weighted by Gasteiger charge is 2.36. The van der Waals surface area contributed by atoms with Crippen molar-refractivity contribution in [3.05, 3.63) is 29.8 Å². The molecular weight excluding hydrogens is 352 g/mol. The van der Waals surface area contributed by atoms with E-state index in [2.05, 4.69) is 5.32 Å². The third-order valence-electron chi connectivity index (χ3n) is 5.28. The fourth-order valence-electron chi connectivity index (χ4n) is 3.80. The molecular formula is C19H28N2O4S. The number of benzene rings is 1. The van der Waals surface area contributed by atoms with Crippen molar-refractivity contribution in [3.8, 4) is 5.75 Å². The second-order valence-electron chi connectivity index (χ2n) is 7.74. The maximum atomic E-state index is 12.8. The van der Waals surface area contributed by atoms with E-state index in [1.807, 2.05) is 38.1 Å². The number of nitrogens with zero attached hydrogens (tertiary/aromatic N) is 1. The SMILES string of the molecule is CCS(=O)(=O)N1CCC(C(=O)N[C@H]2CC(C)(C)Oc3ccccc32)CC1. The van der Waals surface area contributed by atoms with Crippen molar-refractivity contribution in [1.29, 1.82) is 0 Å². The van der Waals surface area contributed by atoms with Crippen molar-refractivity contribution >= 4 is 15.9 Å². The van der Waals surface area contributed by atoms with Gasteiger partial charge in [0.05, 0.1) is 11.8 Å². The summed E-state index contributed by atoms with van der Waals surface area (Å²) in [6, 6.07) is 7.73. The van der Waals surface area contributed by atoms with Crippen LogP contribution in [0.25, 0.3) is 0 Å². The molecule has 26 heavy (non-hydrogen) atoms. The molecule has 2 heterocycles. The van der Waals surface area contributed by atoms with E-state index in [1.54, 1.807) is 6.92 Å². The van der Waals surface area contributed by atoms with E-state index < -0.39 is 10.0 Å². The normalized spacial score (nSPS) is 23.7. The van der Waals surface area contributed by atoms with Crippen molar-refractivity contribution in [3.63, 3.8) is 0 Å². The largest absolute Gasteiger partial charge is 0.487 e. The van der Waals surface area contributed by atoms with Crippen molar-refractivity contribution < 1.29 is 17.9 Å². The molecule has 0 aromatic heterocycles. The number of piperidine rings is 1. The van der Waals surface area contributed by atoms with Gasteiger partial charge in [0.15, 0.2) is 0 Å². The number of amides is 1. The predicted octanol–water partition coefficient (Wildman–Crippen LogP) is 2.47. The summed E-state index contributed by atoms with van der Waals surface area (Å²) in [5.41, 5.74) is 0.663. The summed E-state index contributed by atoms with van der Waals surface area (Å²) in [6.45, 7) is 6.54. The molecule has 2 aliphatic rings. The molecule has 2 aliphatic heterocycles. The van der Waals surface area contributed by atoms with Crippen LogP contribution in [-0.4, -0.2) is 43.1 Å². The number of rotatable bonds is 4. The Kier molecular flexibility index (Phi) is 5.30. The van der Waals surface area contributed by atoms with Gasteiger partial charge in [0.1, 0.15) is 11.4 Å². The monoisotopic (exact) mass is 380 g/mol. The van der Waals surface area contributed by atoms with Gasteiger partial charge in [0.25, 0.3) is 0 Å². The molecule has 1 atom stereocenters. The minimum absolute atomic E-state index is 0.0102. The Balaban J connectivity index is 1.66. The third-order valence-corrected chi connectivity index (χ3v) is 7.16. The number of sulfonamides is 1. The van der Waals surface area contributed by atoms with E-state index in [9.17, 15) is 13.2 Å². The number of carbonyl (C=O) groups excluding carboxylic acids is 1. The molecule has 0 bridgehead atoms. The maximum absolute atomic E-state index is 12.8. The number of para-hydroxylation sites is 1. The first-order chi connectivity index (χ1) is 12.2. The lowest BCUT2D eigenvalue weighted by molar-refractivity contribution is -0.127. The lowest BCUT2D eigenvalue weighted by Crippen LogP contribution is -2.46. The Morgan fingerprint density at radius 3 is 2.58 bits per heavy atom. The molecule has 1 amide bonds. The number of carbonyl (C=O) groups is 1. The molecule has 1 N–H and O–H groups in total. The van der Waals surface area contributed by atoms with Gasteiger partial charge in [-0.3, -0.25) is 4.79 Å².